The fourth-order valence-corrected chi connectivity index (χ4v) is 2.33. The summed E-state index contributed by atoms with van der Waals surface area (Å²) in [6.45, 7) is 0. The molecule has 3 rings (SSSR count). The highest BCUT2D eigenvalue weighted by Gasteiger charge is 2.28. The third-order valence-electron chi connectivity index (χ3n) is 3.30. The molecule has 1 aromatic carbocycles. The molecule has 0 radical (unpaired) electrons. The number of allylic oxidation sites excluding steroid dienone is 2. The summed E-state index contributed by atoms with van der Waals surface area (Å²) in [6, 6.07) is 5.36. The molecule has 1 aromatic rings. The molecule has 1 heterocycles. The Kier molecular flexibility index (Phi) is 2.67. The molecule has 18 heavy (non-hydrogen) atoms. The number of hydrogen-bond acceptors (Lipinski definition) is 3. The zero-order chi connectivity index (χ0) is 12.5. The van der Waals surface area contributed by atoms with Gasteiger partial charge in [-0.25, -0.2) is 0 Å². The van der Waals surface area contributed by atoms with Crippen LogP contribution in [0.2, 0.25) is 0 Å². The van der Waals surface area contributed by atoms with Gasteiger partial charge >= 0.3 is 0 Å². The summed E-state index contributed by atoms with van der Waals surface area (Å²) in [5, 5.41) is 0. The Balaban J connectivity index is 1.93. The number of carbonyl (C=O) groups excluding carboxylic acids is 1. The van der Waals surface area contributed by atoms with Crippen molar-refractivity contribution >= 4 is 5.78 Å². The molecule has 1 aliphatic carbocycles. The molecule has 3 heteroatoms. The minimum atomic E-state index is -0.142. The van der Waals surface area contributed by atoms with Crippen molar-refractivity contribution in [1.29, 1.82) is 0 Å². The molecule has 1 atom stereocenters. The van der Waals surface area contributed by atoms with Gasteiger partial charge in [0.1, 0.15) is 17.6 Å². The Morgan fingerprint density at radius 3 is 3.00 bits per heavy atom. The normalized spacial score (nSPS) is 21.3. The first kappa shape index (κ1) is 11.1. The fraction of sp³-hybridized carbons (Fsp3) is 0.267. The van der Waals surface area contributed by atoms with Gasteiger partial charge in [-0.05, 0) is 30.2 Å². The maximum absolute atomic E-state index is 12.1. The van der Waals surface area contributed by atoms with Crippen LogP contribution in [0, 0.1) is 0 Å². The molecule has 0 saturated heterocycles. The molecule has 1 unspecified atom stereocenters. The predicted molar refractivity (Wildman–Crippen MR) is 68.2 cm³/mol. The molecule has 0 saturated carbocycles. The second-order valence-corrected chi connectivity index (χ2v) is 4.44. The lowest BCUT2D eigenvalue weighted by Crippen LogP contribution is -2.27. The van der Waals surface area contributed by atoms with Crippen LogP contribution >= 0.6 is 0 Å². The van der Waals surface area contributed by atoms with E-state index in [1.165, 1.54) is 0 Å². The third-order valence-corrected chi connectivity index (χ3v) is 3.30. The molecule has 0 amide bonds. The van der Waals surface area contributed by atoms with Crippen LogP contribution in [0.25, 0.3) is 0 Å². The molecule has 0 fully saturated rings. The van der Waals surface area contributed by atoms with Crippen LogP contribution in [-0.2, 0) is 0 Å². The third kappa shape index (κ3) is 1.82. The van der Waals surface area contributed by atoms with E-state index in [9.17, 15) is 4.79 Å². The van der Waals surface area contributed by atoms with Gasteiger partial charge in [0.25, 0.3) is 0 Å². The van der Waals surface area contributed by atoms with Gasteiger partial charge in [0, 0.05) is 0 Å². The van der Waals surface area contributed by atoms with E-state index in [4.69, 9.17) is 9.47 Å². The number of carbonyl (C=O) groups is 1. The van der Waals surface area contributed by atoms with Crippen molar-refractivity contribution < 1.29 is 14.3 Å². The van der Waals surface area contributed by atoms with Crippen LogP contribution in [0.1, 0.15) is 23.2 Å². The number of fused-ring (bicyclic) bond motifs is 1. The molecule has 0 spiro atoms. The summed E-state index contributed by atoms with van der Waals surface area (Å²) in [6.07, 6.45) is 7.40. The smallest absolute Gasteiger partial charge is 0.170 e. The second-order valence-electron chi connectivity index (χ2n) is 4.44. The number of ketones is 1. The van der Waals surface area contributed by atoms with Crippen LogP contribution < -0.4 is 9.47 Å². The Bertz CT molecular complexity index is 555. The molecule has 1 aliphatic heterocycles. The second kappa shape index (κ2) is 4.33. The molecule has 0 bridgehead atoms. The van der Waals surface area contributed by atoms with E-state index in [1.54, 1.807) is 19.2 Å². The minimum Gasteiger partial charge on any atom is -0.497 e. The SMILES string of the molecule is COc1ccc2c(c1)C(=O)CC(C1=CCC=C1)O2. The van der Waals surface area contributed by atoms with E-state index in [0.29, 0.717) is 23.5 Å². The number of hydrogen-bond donors (Lipinski definition) is 0. The number of rotatable bonds is 2. The van der Waals surface area contributed by atoms with E-state index in [2.05, 4.69) is 12.2 Å². The van der Waals surface area contributed by atoms with Crippen LogP contribution in [0.15, 0.2) is 42.0 Å². The minimum absolute atomic E-state index is 0.112. The quantitative estimate of drug-likeness (QED) is 0.800. The number of benzene rings is 1. The van der Waals surface area contributed by atoms with Crippen LogP contribution in [0.5, 0.6) is 11.5 Å². The Hall–Kier alpha value is -2.03. The Morgan fingerprint density at radius 2 is 2.28 bits per heavy atom. The van der Waals surface area contributed by atoms with Gasteiger partial charge in [0.15, 0.2) is 5.78 Å². The summed E-state index contributed by atoms with van der Waals surface area (Å²) in [5.74, 6) is 1.45. The van der Waals surface area contributed by atoms with Crippen molar-refractivity contribution in [2.75, 3.05) is 7.11 Å². The molecule has 0 N–H and O–H groups in total. The van der Waals surface area contributed by atoms with Crippen molar-refractivity contribution in [3.8, 4) is 11.5 Å². The number of ether oxygens (including phenoxy) is 2. The zero-order valence-electron chi connectivity index (χ0n) is 10.2. The first-order chi connectivity index (χ1) is 8.78. The van der Waals surface area contributed by atoms with Crippen molar-refractivity contribution in [1.82, 2.24) is 0 Å². The van der Waals surface area contributed by atoms with Gasteiger partial charge in [0.2, 0.25) is 0 Å². The van der Waals surface area contributed by atoms with E-state index >= 15 is 0 Å². The largest absolute Gasteiger partial charge is 0.497 e. The maximum Gasteiger partial charge on any atom is 0.170 e. The average Bonchev–Trinajstić information content (AvgIpc) is 2.92. The van der Waals surface area contributed by atoms with Crippen molar-refractivity contribution in [3.63, 3.8) is 0 Å². The molecular formula is C15H14O3. The summed E-state index contributed by atoms with van der Waals surface area (Å²) in [5.41, 5.74) is 1.72. The topological polar surface area (TPSA) is 35.5 Å². The number of methoxy groups -OCH3 is 1. The van der Waals surface area contributed by atoms with Gasteiger partial charge in [-0.1, -0.05) is 18.2 Å². The standard InChI is InChI=1S/C15H14O3/c1-17-11-6-7-14-12(8-11)13(16)9-15(18-14)10-4-2-3-5-10/h2,4-8,15H,3,9H2,1H3. The molecule has 3 nitrogen and oxygen atoms in total. The molecular weight excluding hydrogens is 228 g/mol. The maximum atomic E-state index is 12.1. The highest BCUT2D eigenvalue weighted by atomic mass is 16.5. The lowest BCUT2D eigenvalue weighted by Gasteiger charge is -2.25. The lowest BCUT2D eigenvalue weighted by atomic mass is 9.96. The summed E-state index contributed by atoms with van der Waals surface area (Å²) in [4.78, 5) is 12.1. The molecule has 2 aliphatic rings. The van der Waals surface area contributed by atoms with Crippen molar-refractivity contribution in [3.05, 3.63) is 47.6 Å². The Morgan fingerprint density at radius 1 is 1.39 bits per heavy atom. The predicted octanol–water partition coefficient (Wildman–Crippen LogP) is 2.92. The monoisotopic (exact) mass is 242 g/mol. The molecule has 92 valence electrons. The highest BCUT2D eigenvalue weighted by molar-refractivity contribution is 6.00. The lowest BCUT2D eigenvalue weighted by molar-refractivity contribution is 0.0887. The zero-order valence-corrected chi connectivity index (χ0v) is 10.2. The summed E-state index contributed by atoms with van der Waals surface area (Å²) >= 11 is 0. The first-order valence-corrected chi connectivity index (χ1v) is 6.02. The van der Waals surface area contributed by atoms with Gasteiger partial charge in [-0.15, -0.1) is 0 Å². The van der Waals surface area contributed by atoms with E-state index in [0.717, 1.165) is 12.0 Å². The fourth-order valence-electron chi connectivity index (χ4n) is 2.33. The highest BCUT2D eigenvalue weighted by Crippen LogP contribution is 2.33. The van der Waals surface area contributed by atoms with Crippen molar-refractivity contribution in [2.24, 2.45) is 0 Å². The van der Waals surface area contributed by atoms with Gasteiger partial charge < -0.3 is 9.47 Å². The number of Topliss-reactive ketones (excluding diaryl/α,β-unsaturated/α-hetero) is 1. The van der Waals surface area contributed by atoms with Gasteiger partial charge in [0.05, 0.1) is 19.1 Å². The van der Waals surface area contributed by atoms with Gasteiger partial charge in [-0.3, -0.25) is 4.79 Å². The van der Waals surface area contributed by atoms with E-state index < -0.39 is 0 Å². The van der Waals surface area contributed by atoms with E-state index in [-0.39, 0.29) is 11.9 Å². The summed E-state index contributed by atoms with van der Waals surface area (Å²) in [7, 11) is 1.59. The Labute approximate surface area is 106 Å². The van der Waals surface area contributed by atoms with Crippen LogP contribution in [-0.4, -0.2) is 19.0 Å². The van der Waals surface area contributed by atoms with Crippen LogP contribution in [0.4, 0.5) is 0 Å². The van der Waals surface area contributed by atoms with Crippen LogP contribution in [0.3, 0.4) is 0 Å². The van der Waals surface area contributed by atoms with Crippen molar-refractivity contribution in [2.45, 2.75) is 18.9 Å². The summed E-state index contributed by atoms with van der Waals surface area (Å²) < 4.78 is 11.0. The van der Waals surface area contributed by atoms with Gasteiger partial charge in [-0.2, -0.15) is 0 Å². The molecule has 0 aromatic heterocycles. The average molecular weight is 242 g/mol. The first-order valence-electron chi connectivity index (χ1n) is 6.02. The van der Waals surface area contributed by atoms with E-state index in [1.807, 2.05) is 12.1 Å².